The Kier molecular flexibility index (Phi) is 2.26. The Morgan fingerprint density at radius 1 is 1.22 bits per heavy atom. The predicted octanol–water partition coefficient (Wildman–Crippen LogP) is 1.71. The van der Waals surface area contributed by atoms with Crippen molar-refractivity contribution in [1.29, 1.82) is 0 Å². The van der Waals surface area contributed by atoms with Crippen molar-refractivity contribution in [3.05, 3.63) is 41.6 Å². The van der Waals surface area contributed by atoms with Crippen LogP contribution in [0.5, 0.6) is 0 Å². The van der Waals surface area contributed by atoms with E-state index >= 15 is 0 Å². The van der Waals surface area contributed by atoms with Gasteiger partial charge in [-0.1, -0.05) is 18.2 Å². The van der Waals surface area contributed by atoms with Gasteiger partial charge in [0, 0.05) is 0 Å². The Bertz CT molecular complexity index is 644. The molecule has 1 N–H and O–H groups in total. The molecular formula is C13H11N3O2. The Labute approximate surface area is 103 Å². The lowest BCUT2D eigenvalue weighted by atomic mass is 10.0. The van der Waals surface area contributed by atoms with Crippen LogP contribution in [-0.4, -0.2) is 21.5 Å². The van der Waals surface area contributed by atoms with Gasteiger partial charge in [-0.05, 0) is 19.1 Å². The van der Waals surface area contributed by atoms with Gasteiger partial charge in [0.2, 0.25) is 5.91 Å². The van der Waals surface area contributed by atoms with Crippen molar-refractivity contribution in [1.82, 2.24) is 9.78 Å². The van der Waals surface area contributed by atoms with Crippen LogP contribution >= 0.6 is 0 Å². The second kappa shape index (κ2) is 3.80. The molecule has 1 aromatic heterocycles. The van der Waals surface area contributed by atoms with E-state index in [0.717, 1.165) is 11.4 Å². The molecule has 0 fully saturated rings. The summed E-state index contributed by atoms with van der Waals surface area (Å²) < 4.78 is 1.67. The fourth-order valence-electron chi connectivity index (χ4n) is 2.15. The van der Waals surface area contributed by atoms with Gasteiger partial charge >= 0.3 is 0 Å². The molecule has 0 radical (unpaired) electrons. The highest BCUT2D eigenvalue weighted by Gasteiger charge is 2.29. The van der Waals surface area contributed by atoms with Crippen LogP contribution in [0, 0.1) is 6.92 Å². The van der Waals surface area contributed by atoms with E-state index in [1.54, 1.807) is 4.68 Å². The maximum atomic E-state index is 11.8. The Hall–Kier alpha value is -2.43. The minimum atomic E-state index is -0.301. The van der Waals surface area contributed by atoms with Crippen LogP contribution in [0.15, 0.2) is 30.3 Å². The smallest absolute Gasteiger partial charge is 0.233 e. The molecule has 0 atom stereocenters. The van der Waals surface area contributed by atoms with Gasteiger partial charge in [0.15, 0.2) is 11.6 Å². The maximum Gasteiger partial charge on any atom is 0.233 e. The molecule has 1 amide bonds. The van der Waals surface area contributed by atoms with Gasteiger partial charge in [0.05, 0.1) is 23.4 Å². The molecular weight excluding hydrogens is 230 g/mol. The number of hydrogen-bond acceptors (Lipinski definition) is 3. The number of para-hydroxylation sites is 1. The van der Waals surface area contributed by atoms with Gasteiger partial charge in [-0.2, -0.15) is 0 Å². The summed E-state index contributed by atoms with van der Waals surface area (Å²) in [5.74, 6) is -0.115. The fraction of sp³-hybridized carbons (Fsp3) is 0.154. The summed E-state index contributed by atoms with van der Waals surface area (Å²) in [6.07, 6.45) is -0.103. The number of aromatic nitrogens is 2. The van der Waals surface area contributed by atoms with Crippen LogP contribution in [0.3, 0.4) is 0 Å². The van der Waals surface area contributed by atoms with Crippen molar-refractivity contribution < 1.29 is 9.59 Å². The zero-order valence-corrected chi connectivity index (χ0v) is 9.80. The Balaban J connectivity index is 2.18. The van der Waals surface area contributed by atoms with Crippen LogP contribution in [0.4, 0.5) is 5.82 Å². The third-order valence-electron chi connectivity index (χ3n) is 2.97. The molecule has 2 aromatic rings. The Morgan fingerprint density at radius 2 is 1.94 bits per heavy atom. The normalized spacial score (nSPS) is 14.3. The number of fused-ring (bicyclic) bond motifs is 1. The Morgan fingerprint density at radius 3 is 2.67 bits per heavy atom. The first kappa shape index (κ1) is 10.7. The predicted molar refractivity (Wildman–Crippen MR) is 65.9 cm³/mol. The van der Waals surface area contributed by atoms with Gasteiger partial charge in [-0.15, -0.1) is 5.10 Å². The molecule has 90 valence electrons. The highest BCUT2D eigenvalue weighted by atomic mass is 16.2. The SMILES string of the molecule is Cc1c2c(nn1-c1ccccc1)NC(=O)CC2=O. The number of ketones is 1. The zero-order valence-electron chi connectivity index (χ0n) is 9.80. The van der Waals surface area contributed by atoms with Crippen molar-refractivity contribution >= 4 is 17.5 Å². The van der Waals surface area contributed by atoms with E-state index in [4.69, 9.17) is 0 Å². The number of hydrogen-bond donors (Lipinski definition) is 1. The highest BCUT2D eigenvalue weighted by Crippen LogP contribution is 2.26. The zero-order chi connectivity index (χ0) is 12.7. The topological polar surface area (TPSA) is 64.0 Å². The summed E-state index contributed by atoms with van der Waals surface area (Å²) in [6, 6.07) is 9.51. The van der Waals surface area contributed by atoms with E-state index in [-0.39, 0.29) is 18.1 Å². The van der Waals surface area contributed by atoms with Crippen LogP contribution in [-0.2, 0) is 4.79 Å². The average molecular weight is 241 g/mol. The number of carbonyl (C=O) groups excluding carboxylic acids is 2. The molecule has 1 aliphatic heterocycles. The van der Waals surface area contributed by atoms with Crippen LogP contribution in [0.25, 0.3) is 5.69 Å². The number of nitrogens with zero attached hydrogens (tertiary/aromatic N) is 2. The van der Waals surface area contributed by atoms with Gasteiger partial charge in [0.25, 0.3) is 0 Å². The standard InChI is InChI=1S/C13H11N3O2/c1-8-12-10(17)7-11(18)14-13(12)15-16(8)9-5-3-2-4-6-9/h2-6H,7H2,1H3,(H,14,15,18). The number of nitrogens with one attached hydrogen (secondary N) is 1. The van der Waals surface area contributed by atoms with E-state index in [2.05, 4.69) is 10.4 Å². The van der Waals surface area contributed by atoms with E-state index in [9.17, 15) is 9.59 Å². The molecule has 1 aliphatic rings. The van der Waals surface area contributed by atoms with Crippen LogP contribution in [0.1, 0.15) is 22.5 Å². The second-order valence-corrected chi connectivity index (χ2v) is 4.20. The van der Waals surface area contributed by atoms with Crippen molar-refractivity contribution in [3.63, 3.8) is 0 Å². The lowest BCUT2D eigenvalue weighted by Crippen LogP contribution is -2.23. The van der Waals surface area contributed by atoms with Gasteiger partial charge in [-0.25, -0.2) is 4.68 Å². The van der Waals surface area contributed by atoms with E-state index < -0.39 is 0 Å². The maximum absolute atomic E-state index is 11.8. The summed E-state index contributed by atoms with van der Waals surface area (Å²) in [5, 5.41) is 6.91. The lowest BCUT2D eigenvalue weighted by molar-refractivity contribution is -0.115. The van der Waals surface area contributed by atoms with Crippen LogP contribution in [0.2, 0.25) is 0 Å². The summed E-state index contributed by atoms with van der Waals surface area (Å²) in [5.41, 5.74) is 2.13. The molecule has 1 aromatic carbocycles. The summed E-state index contributed by atoms with van der Waals surface area (Å²) in [4.78, 5) is 23.2. The number of amides is 1. The summed E-state index contributed by atoms with van der Waals surface area (Å²) in [7, 11) is 0. The number of Topliss-reactive ketones (excluding diaryl/α,β-unsaturated/α-hetero) is 1. The number of carbonyl (C=O) groups is 2. The minimum absolute atomic E-state index is 0.103. The molecule has 0 saturated heterocycles. The summed E-state index contributed by atoms with van der Waals surface area (Å²) in [6.45, 7) is 1.83. The molecule has 0 aliphatic carbocycles. The van der Waals surface area contributed by atoms with Crippen LogP contribution < -0.4 is 5.32 Å². The third-order valence-corrected chi connectivity index (χ3v) is 2.97. The minimum Gasteiger partial charge on any atom is -0.308 e. The monoisotopic (exact) mass is 241 g/mol. The second-order valence-electron chi connectivity index (χ2n) is 4.20. The van der Waals surface area contributed by atoms with Crippen molar-refractivity contribution in [2.75, 3.05) is 5.32 Å². The third kappa shape index (κ3) is 1.52. The first-order valence-electron chi connectivity index (χ1n) is 5.65. The number of rotatable bonds is 1. The van der Waals surface area contributed by atoms with Crippen molar-refractivity contribution in [2.24, 2.45) is 0 Å². The van der Waals surface area contributed by atoms with E-state index in [0.29, 0.717) is 11.4 Å². The molecule has 0 saturated carbocycles. The number of anilines is 1. The van der Waals surface area contributed by atoms with E-state index in [1.807, 2.05) is 37.3 Å². The van der Waals surface area contributed by atoms with Crippen molar-refractivity contribution in [3.8, 4) is 5.69 Å². The fourth-order valence-corrected chi connectivity index (χ4v) is 2.15. The average Bonchev–Trinajstić information content (AvgIpc) is 2.67. The highest BCUT2D eigenvalue weighted by molar-refractivity contribution is 6.18. The first-order chi connectivity index (χ1) is 8.66. The van der Waals surface area contributed by atoms with Crippen molar-refractivity contribution in [2.45, 2.75) is 13.3 Å². The quantitative estimate of drug-likeness (QED) is 0.773. The molecule has 2 heterocycles. The molecule has 0 spiro atoms. The largest absolute Gasteiger partial charge is 0.308 e. The van der Waals surface area contributed by atoms with Gasteiger partial charge < -0.3 is 5.32 Å². The molecule has 5 heteroatoms. The first-order valence-corrected chi connectivity index (χ1v) is 5.65. The number of benzene rings is 1. The van der Waals surface area contributed by atoms with Gasteiger partial charge in [0.1, 0.15) is 0 Å². The lowest BCUT2D eigenvalue weighted by Gasteiger charge is -2.09. The molecule has 5 nitrogen and oxygen atoms in total. The van der Waals surface area contributed by atoms with Gasteiger partial charge in [-0.3, -0.25) is 9.59 Å². The molecule has 18 heavy (non-hydrogen) atoms. The summed E-state index contributed by atoms with van der Waals surface area (Å²) >= 11 is 0. The molecule has 0 bridgehead atoms. The molecule has 0 unspecified atom stereocenters. The van der Waals surface area contributed by atoms with E-state index in [1.165, 1.54) is 0 Å². The molecule has 3 rings (SSSR count).